The normalized spacial score (nSPS) is 47.7. The molecule has 0 heterocycles. The van der Waals surface area contributed by atoms with Gasteiger partial charge in [0.25, 0.3) is 0 Å². The Morgan fingerprint density at radius 2 is 2.45 bits per heavy atom. The summed E-state index contributed by atoms with van der Waals surface area (Å²) in [5.41, 5.74) is -0.244. The summed E-state index contributed by atoms with van der Waals surface area (Å²) in [5.74, 6) is 0.699. The smallest absolute Gasteiger partial charge is 0.134 e. The lowest BCUT2D eigenvalue weighted by molar-refractivity contribution is -0.0650. The van der Waals surface area contributed by atoms with Crippen LogP contribution in [0.2, 0.25) is 0 Å². The molecule has 0 aliphatic heterocycles. The highest BCUT2D eigenvalue weighted by Crippen LogP contribution is 2.50. The van der Waals surface area contributed by atoms with Crippen LogP contribution in [-0.2, 0) is 4.74 Å². The molecule has 3 unspecified atom stereocenters. The van der Waals surface area contributed by atoms with Crippen LogP contribution in [0.5, 0.6) is 0 Å². The van der Waals surface area contributed by atoms with Crippen LogP contribution in [0, 0.1) is 5.92 Å². The molecule has 0 aromatic heterocycles. The number of aliphatic hydroxyl groups is 1. The van der Waals surface area contributed by atoms with Gasteiger partial charge in [-0.15, -0.1) is 0 Å². The average Bonchev–Trinajstić information content (AvgIpc) is 2.45. The largest absolute Gasteiger partial charge is 0.493 e. The van der Waals surface area contributed by atoms with Gasteiger partial charge in [-0.3, -0.25) is 0 Å². The Morgan fingerprint density at radius 1 is 1.64 bits per heavy atom. The van der Waals surface area contributed by atoms with Gasteiger partial charge < -0.3 is 9.84 Å². The fourth-order valence-electron chi connectivity index (χ4n) is 2.53. The first-order valence-corrected chi connectivity index (χ1v) is 4.24. The molecule has 1 N–H and O–H groups in total. The molecule has 2 fully saturated rings. The minimum absolute atomic E-state index is 0.244. The van der Waals surface area contributed by atoms with E-state index in [0.29, 0.717) is 5.92 Å². The van der Waals surface area contributed by atoms with Crippen molar-refractivity contribution in [2.75, 3.05) is 0 Å². The van der Waals surface area contributed by atoms with Crippen molar-refractivity contribution in [3.05, 3.63) is 12.8 Å². The lowest BCUT2D eigenvalue weighted by Crippen LogP contribution is -2.38. The number of hydrogen-bond acceptors (Lipinski definition) is 2. The number of aliphatic hydroxyl groups excluding tert-OH is 1. The summed E-state index contributed by atoms with van der Waals surface area (Å²) in [7, 11) is 0. The second-order valence-corrected chi connectivity index (χ2v) is 3.71. The fourth-order valence-corrected chi connectivity index (χ4v) is 2.53. The van der Waals surface area contributed by atoms with E-state index in [4.69, 9.17) is 4.74 Å². The predicted molar refractivity (Wildman–Crippen MR) is 42.0 cm³/mol. The van der Waals surface area contributed by atoms with Gasteiger partial charge in [-0.1, -0.05) is 6.58 Å². The zero-order chi connectivity index (χ0) is 7.90. The number of fused-ring (bicyclic) bond motifs is 2. The molecule has 2 saturated carbocycles. The monoisotopic (exact) mass is 154 g/mol. The highest BCUT2D eigenvalue weighted by atomic mass is 16.5. The Hall–Kier alpha value is -0.500. The van der Waals surface area contributed by atoms with Crippen molar-refractivity contribution in [2.24, 2.45) is 5.92 Å². The highest BCUT2D eigenvalue weighted by molar-refractivity contribution is 5.04. The number of ether oxygens (including phenoxy) is 1. The summed E-state index contributed by atoms with van der Waals surface area (Å²) in [6, 6.07) is 0. The summed E-state index contributed by atoms with van der Waals surface area (Å²) in [4.78, 5) is 0. The third-order valence-electron chi connectivity index (χ3n) is 3.09. The van der Waals surface area contributed by atoms with Crippen molar-refractivity contribution in [3.8, 4) is 0 Å². The molecular weight excluding hydrogens is 140 g/mol. The predicted octanol–water partition coefficient (Wildman–Crippen LogP) is 1.45. The zero-order valence-corrected chi connectivity index (χ0v) is 6.62. The van der Waals surface area contributed by atoms with Gasteiger partial charge in [0.2, 0.25) is 0 Å². The lowest BCUT2D eigenvalue weighted by atomic mass is 9.94. The van der Waals surface area contributed by atoms with Crippen LogP contribution in [0.25, 0.3) is 0 Å². The Bertz CT molecular complexity index is 178. The minimum Gasteiger partial charge on any atom is -0.493 e. The van der Waals surface area contributed by atoms with Gasteiger partial charge in [0.15, 0.2) is 0 Å². The average molecular weight is 154 g/mol. The van der Waals surface area contributed by atoms with Crippen LogP contribution in [-0.4, -0.2) is 16.8 Å². The van der Waals surface area contributed by atoms with Crippen molar-refractivity contribution < 1.29 is 9.84 Å². The van der Waals surface area contributed by atoms with Gasteiger partial charge in [-0.05, 0) is 31.6 Å². The second kappa shape index (κ2) is 2.24. The maximum Gasteiger partial charge on any atom is 0.134 e. The fraction of sp³-hybridized carbons (Fsp3) is 0.778. The molecule has 11 heavy (non-hydrogen) atoms. The van der Waals surface area contributed by atoms with Crippen LogP contribution in [0.4, 0.5) is 0 Å². The third-order valence-corrected chi connectivity index (χ3v) is 3.09. The highest BCUT2D eigenvalue weighted by Gasteiger charge is 2.53. The van der Waals surface area contributed by atoms with E-state index in [2.05, 4.69) is 6.58 Å². The van der Waals surface area contributed by atoms with E-state index in [9.17, 15) is 5.11 Å². The van der Waals surface area contributed by atoms with E-state index in [-0.39, 0.29) is 11.7 Å². The van der Waals surface area contributed by atoms with Crippen molar-refractivity contribution in [1.82, 2.24) is 0 Å². The van der Waals surface area contributed by atoms with Crippen molar-refractivity contribution in [3.63, 3.8) is 0 Å². The molecule has 0 aromatic rings. The maximum atomic E-state index is 9.63. The molecule has 0 aromatic carbocycles. The first-order chi connectivity index (χ1) is 5.27. The molecule has 2 rings (SSSR count). The van der Waals surface area contributed by atoms with Crippen LogP contribution in [0.3, 0.4) is 0 Å². The molecule has 62 valence electrons. The molecule has 0 amide bonds. The Labute approximate surface area is 66.9 Å². The van der Waals surface area contributed by atoms with Crippen molar-refractivity contribution in [1.29, 1.82) is 0 Å². The lowest BCUT2D eigenvalue weighted by Gasteiger charge is -2.30. The third kappa shape index (κ3) is 0.890. The summed E-state index contributed by atoms with van der Waals surface area (Å²) >= 11 is 0. The quantitative estimate of drug-likeness (QED) is 0.610. The molecule has 3 atom stereocenters. The van der Waals surface area contributed by atoms with Crippen LogP contribution in [0.1, 0.15) is 25.7 Å². The van der Waals surface area contributed by atoms with E-state index >= 15 is 0 Å². The second-order valence-electron chi connectivity index (χ2n) is 3.71. The molecule has 2 bridgehead atoms. The van der Waals surface area contributed by atoms with E-state index < -0.39 is 0 Å². The van der Waals surface area contributed by atoms with E-state index in [1.807, 2.05) is 0 Å². The SMILES string of the molecule is C=COC12CCC(CC1O)C2. The van der Waals surface area contributed by atoms with Gasteiger partial charge in [0.1, 0.15) is 5.60 Å². The molecule has 0 radical (unpaired) electrons. The molecule has 2 aliphatic rings. The molecule has 2 heteroatoms. The van der Waals surface area contributed by atoms with Gasteiger partial charge in [-0.2, -0.15) is 0 Å². The van der Waals surface area contributed by atoms with Gasteiger partial charge in [0, 0.05) is 0 Å². The van der Waals surface area contributed by atoms with Gasteiger partial charge in [0.05, 0.1) is 12.4 Å². The van der Waals surface area contributed by atoms with E-state index in [1.165, 1.54) is 12.7 Å². The van der Waals surface area contributed by atoms with Crippen molar-refractivity contribution >= 4 is 0 Å². The number of rotatable bonds is 2. The van der Waals surface area contributed by atoms with Crippen LogP contribution >= 0.6 is 0 Å². The molecule has 0 spiro atoms. The Morgan fingerprint density at radius 3 is 2.91 bits per heavy atom. The molecular formula is C9H14O2. The van der Waals surface area contributed by atoms with Crippen LogP contribution < -0.4 is 0 Å². The first kappa shape index (κ1) is 7.17. The molecule has 2 aliphatic carbocycles. The standard InChI is InChI=1S/C9H14O2/c1-2-11-9-4-3-7(6-9)5-8(9)10/h2,7-8,10H,1,3-6H2. The Kier molecular flexibility index (Phi) is 1.46. The summed E-state index contributed by atoms with van der Waals surface area (Å²) < 4.78 is 5.41. The summed E-state index contributed by atoms with van der Waals surface area (Å²) in [6.45, 7) is 3.54. The minimum atomic E-state index is -0.251. The summed E-state index contributed by atoms with van der Waals surface area (Å²) in [6.07, 6.45) is 5.39. The van der Waals surface area contributed by atoms with E-state index in [0.717, 1.165) is 19.3 Å². The number of hydrogen-bond donors (Lipinski definition) is 1. The maximum absolute atomic E-state index is 9.63. The van der Waals surface area contributed by atoms with Gasteiger partial charge in [-0.25, -0.2) is 0 Å². The van der Waals surface area contributed by atoms with Crippen molar-refractivity contribution in [2.45, 2.75) is 37.4 Å². The van der Waals surface area contributed by atoms with Gasteiger partial charge >= 0.3 is 0 Å². The topological polar surface area (TPSA) is 29.5 Å². The zero-order valence-electron chi connectivity index (χ0n) is 6.62. The van der Waals surface area contributed by atoms with E-state index in [1.54, 1.807) is 0 Å². The molecule has 0 saturated heterocycles. The molecule has 2 nitrogen and oxygen atoms in total. The summed E-state index contributed by atoms with van der Waals surface area (Å²) in [5, 5.41) is 9.63. The first-order valence-electron chi connectivity index (χ1n) is 4.24. The Balaban J connectivity index is 2.15. The van der Waals surface area contributed by atoms with Crippen LogP contribution in [0.15, 0.2) is 12.8 Å².